The van der Waals surface area contributed by atoms with Crippen molar-refractivity contribution in [2.24, 2.45) is 0 Å². The van der Waals surface area contributed by atoms with Crippen molar-refractivity contribution >= 4 is 6.09 Å². The maximum atomic E-state index is 12.2. The van der Waals surface area contributed by atoms with Gasteiger partial charge in [-0.25, -0.2) is 4.79 Å². The molecule has 0 spiro atoms. The van der Waals surface area contributed by atoms with Gasteiger partial charge in [-0.15, -0.1) is 5.73 Å². The summed E-state index contributed by atoms with van der Waals surface area (Å²) in [7, 11) is 0. The molecule has 0 N–H and O–H groups in total. The Kier molecular flexibility index (Phi) is 5.68. The molecule has 0 aliphatic carbocycles. The van der Waals surface area contributed by atoms with Crippen LogP contribution in [0.2, 0.25) is 0 Å². The number of ether oxygens (including phenoxy) is 1. The molecule has 0 saturated carbocycles. The van der Waals surface area contributed by atoms with Crippen molar-refractivity contribution in [3.63, 3.8) is 0 Å². The molecule has 3 nitrogen and oxygen atoms in total. The molecule has 0 aromatic rings. The largest absolute Gasteiger partial charge is 0.444 e. The molecule has 0 aromatic carbocycles. The minimum Gasteiger partial charge on any atom is -0.444 e. The third-order valence-corrected chi connectivity index (χ3v) is 3.31. The van der Waals surface area contributed by atoms with Gasteiger partial charge in [-0.1, -0.05) is 19.9 Å². The van der Waals surface area contributed by atoms with E-state index in [-0.39, 0.29) is 12.1 Å². The van der Waals surface area contributed by atoms with Crippen LogP contribution in [0.3, 0.4) is 0 Å². The Labute approximate surface area is 117 Å². The first-order valence-electron chi connectivity index (χ1n) is 7.27. The van der Waals surface area contributed by atoms with Crippen LogP contribution in [0.15, 0.2) is 17.9 Å². The number of carbonyl (C=O) groups is 1. The zero-order chi connectivity index (χ0) is 14.5. The minimum atomic E-state index is -0.439. The SMILES string of the molecule is C=C=C(CCCC)C1CCCN1C(=O)OC(C)(C)C. The molecule has 1 fully saturated rings. The second kappa shape index (κ2) is 6.81. The zero-order valence-electron chi connectivity index (χ0n) is 12.8. The lowest BCUT2D eigenvalue weighted by atomic mass is 10.00. The van der Waals surface area contributed by atoms with E-state index in [9.17, 15) is 4.79 Å². The molecule has 1 amide bonds. The van der Waals surface area contributed by atoms with Crippen LogP contribution >= 0.6 is 0 Å². The molecule has 1 aliphatic heterocycles. The number of amides is 1. The second-order valence-electron chi connectivity index (χ2n) is 6.14. The highest BCUT2D eigenvalue weighted by molar-refractivity contribution is 5.69. The fourth-order valence-corrected chi connectivity index (χ4v) is 2.41. The van der Waals surface area contributed by atoms with E-state index in [1.807, 2.05) is 25.7 Å². The Hall–Kier alpha value is -1.21. The summed E-state index contributed by atoms with van der Waals surface area (Å²) in [6, 6.07) is 0.138. The number of likely N-dealkylation sites (tertiary alicyclic amines) is 1. The summed E-state index contributed by atoms with van der Waals surface area (Å²) in [6.07, 6.45) is 5.06. The highest BCUT2D eigenvalue weighted by Gasteiger charge is 2.33. The monoisotopic (exact) mass is 265 g/mol. The smallest absolute Gasteiger partial charge is 0.410 e. The maximum Gasteiger partial charge on any atom is 0.410 e. The standard InChI is InChI=1S/C16H27NO2/c1-6-8-10-13(7-2)14-11-9-12-17(14)15(18)19-16(3,4)5/h14H,2,6,8-12H2,1,3-5H3. The first kappa shape index (κ1) is 15.8. The van der Waals surface area contributed by atoms with Crippen LogP contribution in [0.4, 0.5) is 4.79 Å². The maximum absolute atomic E-state index is 12.2. The van der Waals surface area contributed by atoms with E-state index < -0.39 is 5.60 Å². The van der Waals surface area contributed by atoms with Crippen molar-refractivity contribution < 1.29 is 9.53 Å². The van der Waals surface area contributed by atoms with Crippen LogP contribution < -0.4 is 0 Å². The lowest BCUT2D eigenvalue weighted by Crippen LogP contribution is -2.40. The molecule has 1 aliphatic rings. The van der Waals surface area contributed by atoms with Gasteiger partial charge in [0.1, 0.15) is 5.60 Å². The number of unbranched alkanes of at least 4 members (excludes halogenated alkanes) is 1. The Morgan fingerprint density at radius 1 is 1.47 bits per heavy atom. The molecule has 1 heterocycles. The molecule has 19 heavy (non-hydrogen) atoms. The van der Waals surface area contributed by atoms with Crippen LogP contribution in [-0.2, 0) is 4.74 Å². The molecule has 0 aromatic heterocycles. The Bertz CT molecular complexity index is 361. The fraction of sp³-hybridized carbons (Fsp3) is 0.750. The number of hydrogen-bond acceptors (Lipinski definition) is 2. The summed E-state index contributed by atoms with van der Waals surface area (Å²) in [5, 5.41) is 0. The predicted molar refractivity (Wildman–Crippen MR) is 78.1 cm³/mol. The van der Waals surface area contributed by atoms with Gasteiger partial charge in [0.25, 0.3) is 0 Å². The molecular formula is C16H27NO2. The van der Waals surface area contributed by atoms with Gasteiger partial charge in [-0.2, -0.15) is 0 Å². The average molecular weight is 265 g/mol. The van der Waals surface area contributed by atoms with Gasteiger partial charge in [0.15, 0.2) is 0 Å². The van der Waals surface area contributed by atoms with Crippen LogP contribution in [0, 0.1) is 0 Å². The average Bonchev–Trinajstić information content (AvgIpc) is 2.77. The van der Waals surface area contributed by atoms with Crippen LogP contribution in [-0.4, -0.2) is 29.2 Å². The van der Waals surface area contributed by atoms with E-state index in [1.54, 1.807) is 0 Å². The third kappa shape index (κ3) is 4.76. The van der Waals surface area contributed by atoms with Crippen molar-refractivity contribution in [1.82, 2.24) is 4.90 Å². The van der Waals surface area contributed by atoms with E-state index in [2.05, 4.69) is 19.2 Å². The van der Waals surface area contributed by atoms with Gasteiger partial charge >= 0.3 is 6.09 Å². The third-order valence-electron chi connectivity index (χ3n) is 3.31. The molecule has 1 rings (SSSR count). The molecule has 108 valence electrons. The summed E-state index contributed by atoms with van der Waals surface area (Å²) in [4.78, 5) is 14.0. The topological polar surface area (TPSA) is 29.5 Å². The van der Waals surface area contributed by atoms with Crippen LogP contribution in [0.25, 0.3) is 0 Å². The first-order valence-corrected chi connectivity index (χ1v) is 7.27. The van der Waals surface area contributed by atoms with Gasteiger partial charge in [-0.3, -0.25) is 0 Å². The first-order chi connectivity index (χ1) is 8.89. The van der Waals surface area contributed by atoms with E-state index in [0.29, 0.717) is 0 Å². The van der Waals surface area contributed by atoms with Crippen molar-refractivity contribution in [1.29, 1.82) is 0 Å². The van der Waals surface area contributed by atoms with Crippen molar-refractivity contribution in [3.05, 3.63) is 17.9 Å². The number of nitrogens with zero attached hydrogens (tertiary/aromatic N) is 1. The number of carbonyl (C=O) groups excluding carboxylic acids is 1. The predicted octanol–water partition coefficient (Wildman–Crippen LogP) is 4.29. The van der Waals surface area contributed by atoms with Crippen LogP contribution in [0.5, 0.6) is 0 Å². The van der Waals surface area contributed by atoms with Gasteiger partial charge in [0.05, 0.1) is 6.04 Å². The molecule has 1 saturated heterocycles. The van der Waals surface area contributed by atoms with E-state index in [4.69, 9.17) is 4.74 Å². The number of hydrogen-bond donors (Lipinski definition) is 0. The lowest BCUT2D eigenvalue weighted by molar-refractivity contribution is 0.0247. The second-order valence-corrected chi connectivity index (χ2v) is 6.14. The van der Waals surface area contributed by atoms with Gasteiger partial charge in [-0.05, 0) is 52.0 Å². The lowest BCUT2D eigenvalue weighted by Gasteiger charge is -2.29. The summed E-state index contributed by atoms with van der Waals surface area (Å²) >= 11 is 0. The van der Waals surface area contributed by atoms with Gasteiger partial charge < -0.3 is 9.64 Å². The molecule has 3 heteroatoms. The van der Waals surface area contributed by atoms with Crippen LogP contribution in [0.1, 0.15) is 59.8 Å². The molecule has 1 atom stereocenters. The highest BCUT2D eigenvalue weighted by atomic mass is 16.6. The summed E-state index contributed by atoms with van der Waals surface area (Å²) < 4.78 is 5.48. The van der Waals surface area contributed by atoms with Crippen molar-refractivity contribution in [2.45, 2.75) is 71.4 Å². The summed E-state index contributed by atoms with van der Waals surface area (Å²) in [6.45, 7) is 12.4. The van der Waals surface area contributed by atoms with E-state index >= 15 is 0 Å². The Morgan fingerprint density at radius 3 is 2.68 bits per heavy atom. The Morgan fingerprint density at radius 2 is 2.16 bits per heavy atom. The molecule has 0 bridgehead atoms. The normalized spacial score (nSPS) is 19.2. The zero-order valence-corrected chi connectivity index (χ0v) is 12.8. The number of rotatable bonds is 4. The fourth-order valence-electron chi connectivity index (χ4n) is 2.41. The van der Waals surface area contributed by atoms with E-state index in [0.717, 1.165) is 44.2 Å². The van der Waals surface area contributed by atoms with Crippen molar-refractivity contribution in [3.8, 4) is 0 Å². The van der Waals surface area contributed by atoms with Crippen molar-refractivity contribution in [2.75, 3.05) is 6.54 Å². The highest BCUT2D eigenvalue weighted by Crippen LogP contribution is 2.27. The minimum absolute atomic E-state index is 0.138. The Balaban J connectivity index is 2.72. The summed E-state index contributed by atoms with van der Waals surface area (Å²) in [5.74, 6) is 0. The van der Waals surface area contributed by atoms with Gasteiger partial charge in [0.2, 0.25) is 0 Å². The molecule has 1 unspecified atom stereocenters. The van der Waals surface area contributed by atoms with E-state index in [1.165, 1.54) is 0 Å². The molecule has 0 radical (unpaired) electrons. The molecular weight excluding hydrogens is 238 g/mol. The summed E-state index contributed by atoms with van der Waals surface area (Å²) in [5.41, 5.74) is 3.76. The quantitative estimate of drug-likeness (QED) is 0.710. The van der Waals surface area contributed by atoms with Gasteiger partial charge in [0, 0.05) is 6.54 Å².